The lowest BCUT2D eigenvalue weighted by atomic mass is 10.1. The fourth-order valence-electron chi connectivity index (χ4n) is 2.66. The molecule has 0 aliphatic carbocycles. The lowest BCUT2D eigenvalue weighted by Crippen LogP contribution is -2.36. The first-order valence-electron chi connectivity index (χ1n) is 6.41. The van der Waals surface area contributed by atoms with E-state index in [1.807, 2.05) is 14.1 Å². The highest BCUT2D eigenvalue weighted by Crippen LogP contribution is 2.23. The van der Waals surface area contributed by atoms with Crippen LogP contribution >= 0.6 is 0 Å². The number of hydrogen-bond donors (Lipinski definition) is 1. The third-order valence-electron chi connectivity index (χ3n) is 3.74. The summed E-state index contributed by atoms with van der Waals surface area (Å²) in [4.78, 5) is 16.2. The van der Waals surface area contributed by atoms with Crippen molar-refractivity contribution in [2.45, 2.75) is 13.0 Å². The van der Waals surface area contributed by atoms with Crippen LogP contribution in [-0.2, 0) is 0 Å². The Hall–Kier alpha value is -1.62. The summed E-state index contributed by atoms with van der Waals surface area (Å²) in [7, 11) is 3.99. The predicted octanol–water partition coefficient (Wildman–Crippen LogP) is 1.43. The number of anilines is 1. The number of likely N-dealkylation sites (N-methyl/N-ethyl adjacent to an activating group) is 1. The molecule has 1 heterocycles. The highest BCUT2D eigenvalue weighted by atomic mass is 19.1. The van der Waals surface area contributed by atoms with Crippen LogP contribution in [0.3, 0.4) is 0 Å². The van der Waals surface area contributed by atoms with Gasteiger partial charge in [0.25, 0.3) is 5.91 Å². The molecule has 1 fully saturated rings. The van der Waals surface area contributed by atoms with E-state index in [1.165, 1.54) is 18.2 Å². The number of likely N-dealkylation sites (tertiary alicyclic amines) is 1. The number of carbonyl (C=O) groups excluding carboxylic acids is 1. The minimum Gasteiger partial charge on any atom is -0.399 e. The molecule has 1 aliphatic heterocycles. The summed E-state index contributed by atoms with van der Waals surface area (Å²) in [5.41, 5.74) is 6.09. The van der Waals surface area contributed by atoms with Crippen molar-refractivity contribution < 1.29 is 9.18 Å². The Labute approximate surface area is 113 Å². The van der Waals surface area contributed by atoms with Crippen molar-refractivity contribution in [1.29, 1.82) is 0 Å². The highest BCUT2D eigenvalue weighted by Gasteiger charge is 2.34. The van der Waals surface area contributed by atoms with E-state index < -0.39 is 5.82 Å². The van der Waals surface area contributed by atoms with Gasteiger partial charge in [-0.2, -0.15) is 0 Å². The van der Waals surface area contributed by atoms with Gasteiger partial charge in [0, 0.05) is 24.8 Å². The number of benzene rings is 1. The monoisotopic (exact) mass is 265 g/mol. The van der Waals surface area contributed by atoms with E-state index in [0.717, 1.165) is 0 Å². The first kappa shape index (κ1) is 13.8. The average Bonchev–Trinajstić information content (AvgIpc) is 2.74. The van der Waals surface area contributed by atoms with E-state index in [4.69, 9.17) is 5.73 Å². The zero-order chi connectivity index (χ0) is 14.2. The Kier molecular flexibility index (Phi) is 3.75. The molecule has 2 rings (SSSR count). The number of amides is 1. The minimum atomic E-state index is -0.514. The number of carbonyl (C=O) groups is 1. The number of nitrogens with zero attached hydrogens (tertiary/aromatic N) is 2. The second-order valence-electron chi connectivity index (χ2n) is 5.46. The van der Waals surface area contributed by atoms with Crippen molar-refractivity contribution in [1.82, 2.24) is 9.80 Å². The van der Waals surface area contributed by atoms with Crippen molar-refractivity contribution in [2.75, 3.05) is 32.9 Å². The molecular formula is C14H20FN3O. The quantitative estimate of drug-likeness (QED) is 0.823. The molecule has 0 saturated carbocycles. The van der Waals surface area contributed by atoms with E-state index in [-0.39, 0.29) is 11.5 Å². The van der Waals surface area contributed by atoms with Crippen LogP contribution in [0, 0.1) is 11.7 Å². The topological polar surface area (TPSA) is 49.6 Å². The largest absolute Gasteiger partial charge is 0.399 e. The molecule has 0 spiro atoms. The third-order valence-corrected chi connectivity index (χ3v) is 3.74. The maximum Gasteiger partial charge on any atom is 0.256 e. The second-order valence-corrected chi connectivity index (χ2v) is 5.46. The zero-order valence-electron chi connectivity index (χ0n) is 11.6. The van der Waals surface area contributed by atoms with Crippen molar-refractivity contribution in [3.63, 3.8) is 0 Å². The number of halogens is 1. The molecule has 5 heteroatoms. The van der Waals surface area contributed by atoms with Crippen LogP contribution in [0.25, 0.3) is 0 Å². The van der Waals surface area contributed by atoms with Crippen molar-refractivity contribution >= 4 is 11.6 Å². The van der Waals surface area contributed by atoms with Crippen LogP contribution in [0.1, 0.15) is 17.3 Å². The van der Waals surface area contributed by atoms with Gasteiger partial charge < -0.3 is 15.5 Å². The Morgan fingerprint density at radius 1 is 1.42 bits per heavy atom. The van der Waals surface area contributed by atoms with Gasteiger partial charge >= 0.3 is 0 Å². The molecule has 1 saturated heterocycles. The standard InChI is InChI=1S/C14H20FN3O/c1-9-7-18(8-13(9)17(2)3)14(19)11-6-10(16)4-5-12(11)15/h4-6,9,13H,7-8,16H2,1-3H3. The number of hydrogen-bond acceptors (Lipinski definition) is 3. The average molecular weight is 265 g/mol. The molecule has 1 aromatic rings. The fraction of sp³-hybridized carbons (Fsp3) is 0.500. The molecule has 1 aliphatic rings. The van der Waals surface area contributed by atoms with Gasteiger partial charge in [-0.1, -0.05) is 6.92 Å². The third kappa shape index (κ3) is 2.71. The SMILES string of the molecule is CC1CN(C(=O)c2cc(N)ccc2F)CC1N(C)C. The summed E-state index contributed by atoms with van der Waals surface area (Å²) in [5.74, 6) is -0.413. The number of nitrogen functional groups attached to an aromatic ring is 1. The Balaban J connectivity index is 2.19. The lowest BCUT2D eigenvalue weighted by molar-refractivity contribution is 0.0777. The molecule has 0 bridgehead atoms. The van der Waals surface area contributed by atoms with Gasteiger partial charge in [0.2, 0.25) is 0 Å². The Morgan fingerprint density at radius 2 is 2.11 bits per heavy atom. The van der Waals surface area contributed by atoms with Crippen LogP contribution in [0.5, 0.6) is 0 Å². The summed E-state index contributed by atoms with van der Waals surface area (Å²) < 4.78 is 13.7. The van der Waals surface area contributed by atoms with Crippen molar-refractivity contribution in [3.8, 4) is 0 Å². The van der Waals surface area contributed by atoms with Crippen molar-refractivity contribution in [2.24, 2.45) is 5.92 Å². The minimum absolute atomic E-state index is 0.0617. The molecule has 1 aromatic carbocycles. The van der Waals surface area contributed by atoms with Gasteiger partial charge in [-0.25, -0.2) is 4.39 Å². The van der Waals surface area contributed by atoms with Gasteiger partial charge in [0.15, 0.2) is 0 Å². The van der Waals surface area contributed by atoms with Gasteiger partial charge in [0.1, 0.15) is 5.82 Å². The fourth-order valence-corrected chi connectivity index (χ4v) is 2.66. The van der Waals surface area contributed by atoms with Crippen LogP contribution in [0.4, 0.5) is 10.1 Å². The first-order chi connectivity index (χ1) is 8.90. The van der Waals surface area contributed by atoms with E-state index in [2.05, 4.69) is 11.8 Å². The Morgan fingerprint density at radius 3 is 2.68 bits per heavy atom. The van der Waals surface area contributed by atoms with E-state index in [1.54, 1.807) is 4.90 Å². The molecule has 2 atom stereocenters. The summed E-state index contributed by atoms with van der Waals surface area (Å²) in [6.07, 6.45) is 0. The maximum atomic E-state index is 13.7. The molecule has 2 N–H and O–H groups in total. The van der Waals surface area contributed by atoms with E-state index in [0.29, 0.717) is 30.7 Å². The number of rotatable bonds is 2. The second kappa shape index (κ2) is 5.17. The van der Waals surface area contributed by atoms with Gasteiger partial charge in [-0.15, -0.1) is 0 Å². The van der Waals surface area contributed by atoms with Gasteiger partial charge in [-0.05, 0) is 38.2 Å². The van der Waals surface area contributed by atoms with Gasteiger partial charge in [0.05, 0.1) is 5.56 Å². The molecule has 0 radical (unpaired) electrons. The van der Waals surface area contributed by atoms with E-state index in [9.17, 15) is 9.18 Å². The molecule has 1 amide bonds. The molecular weight excluding hydrogens is 245 g/mol. The molecule has 0 aromatic heterocycles. The lowest BCUT2D eigenvalue weighted by Gasteiger charge is -2.22. The van der Waals surface area contributed by atoms with Gasteiger partial charge in [-0.3, -0.25) is 4.79 Å². The Bertz CT molecular complexity index is 490. The van der Waals surface area contributed by atoms with Crippen LogP contribution < -0.4 is 5.73 Å². The maximum absolute atomic E-state index is 13.7. The molecule has 4 nitrogen and oxygen atoms in total. The molecule has 2 unspecified atom stereocenters. The van der Waals surface area contributed by atoms with Crippen LogP contribution in [0.15, 0.2) is 18.2 Å². The summed E-state index contributed by atoms with van der Waals surface area (Å²) in [6, 6.07) is 4.42. The van der Waals surface area contributed by atoms with Crippen molar-refractivity contribution in [3.05, 3.63) is 29.6 Å². The summed E-state index contributed by atoms with van der Waals surface area (Å²) >= 11 is 0. The highest BCUT2D eigenvalue weighted by molar-refractivity contribution is 5.95. The smallest absolute Gasteiger partial charge is 0.256 e. The summed E-state index contributed by atoms with van der Waals surface area (Å²) in [5, 5.41) is 0. The van der Waals surface area contributed by atoms with Crippen LogP contribution in [-0.4, -0.2) is 48.9 Å². The predicted molar refractivity (Wildman–Crippen MR) is 73.4 cm³/mol. The molecule has 104 valence electrons. The summed E-state index contributed by atoms with van der Waals surface area (Å²) in [6.45, 7) is 3.38. The normalized spacial score (nSPS) is 23.1. The van der Waals surface area contributed by atoms with Crippen LogP contribution in [0.2, 0.25) is 0 Å². The molecule has 19 heavy (non-hydrogen) atoms. The zero-order valence-corrected chi connectivity index (χ0v) is 11.6. The first-order valence-corrected chi connectivity index (χ1v) is 6.41. The number of nitrogens with two attached hydrogens (primary N) is 1. The van der Waals surface area contributed by atoms with E-state index >= 15 is 0 Å².